The fraction of sp³-hybridized carbons (Fsp3) is 0.175. The molecular formula is C40H33N3O. The highest BCUT2D eigenvalue weighted by molar-refractivity contribution is 6.12. The summed E-state index contributed by atoms with van der Waals surface area (Å²) in [4.78, 5) is 15.1. The molecular weight excluding hydrogens is 538 g/mol. The van der Waals surface area contributed by atoms with Crippen LogP contribution in [0.1, 0.15) is 45.2 Å². The molecule has 4 heteroatoms. The molecule has 8 rings (SSSR count). The zero-order valence-corrected chi connectivity index (χ0v) is 25.4. The lowest BCUT2D eigenvalue weighted by Crippen LogP contribution is -2.17. The first-order chi connectivity index (χ1) is 21.3. The normalized spacial score (nSPS) is 15.1. The molecule has 0 atom stereocenters. The van der Waals surface area contributed by atoms with E-state index >= 15 is 0 Å². The molecule has 1 aliphatic carbocycles. The van der Waals surface area contributed by atoms with E-state index in [1.807, 2.05) is 42.5 Å². The molecule has 5 aromatic carbocycles. The molecule has 214 valence electrons. The van der Waals surface area contributed by atoms with Crippen molar-refractivity contribution in [2.45, 2.75) is 44.9 Å². The predicted octanol–water partition coefficient (Wildman–Crippen LogP) is 10.4. The molecule has 44 heavy (non-hydrogen) atoms. The van der Waals surface area contributed by atoms with Crippen LogP contribution in [0.5, 0.6) is 0 Å². The first-order valence-electron chi connectivity index (χ1n) is 15.2. The number of rotatable bonds is 4. The van der Waals surface area contributed by atoms with Gasteiger partial charge in [0, 0.05) is 27.5 Å². The quantitative estimate of drug-likeness (QED) is 0.211. The lowest BCUT2D eigenvalue weighted by atomic mass is 9.82. The summed E-state index contributed by atoms with van der Waals surface area (Å²) in [6, 6.07) is 39.9. The molecule has 0 amide bonds. The van der Waals surface area contributed by atoms with Gasteiger partial charge in [-0.1, -0.05) is 119 Å². The van der Waals surface area contributed by atoms with Crippen molar-refractivity contribution in [2.75, 3.05) is 0 Å². The molecule has 2 heterocycles. The van der Waals surface area contributed by atoms with Crippen LogP contribution in [-0.2, 0) is 10.8 Å². The summed E-state index contributed by atoms with van der Waals surface area (Å²) in [5.41, 5.74) is 9.86. The maximum atomic E-state index is 6.43. The topological polar surface area (TPSA) is 51.8 Å². The molecule has 0 radical (unpaired) electrons. The van der Waals surface area contributed by atoms with E-state index in [2.05, 4.69) is 100 Å². The Balaban J connectivity index is 1.30. The summed E-state index contributed by atoms with van der Waals surface area (Å²) in [5.74, 6) is 1.95. The Morgan fingerprint density at radius 1 is 0.500 bits per heavy atom. The Hall–Kier alpha value is -5.09. The van der Waals surface area contributed by atoms with Crippen LogP contribution < -0.4 is 0 Å². The summed E-state index contributed by atoms with van der Waals surface area (Å²) >= 11 is 0. The van der Waals surface area contributed by atoms with Gasteiger partial charge >= 0.3 is 0 Å². The molecule has 0 unspecified atom stereocenters. The molecule has 0 fully saturated rings. The zero-order valence-electron chi connectivity index (χ0n) is 25.4. The number of furan rings is 1. The van der Waals surface area contributed by atoms with E-state index < -0.39 is 0 Å². The van der Waals surface area contributed by atoms with E-state index in [0.29, 0.717) is 17.5 Å². The number of fused-ring (bicyclic) bond motifs is 4. The fourth-order valence-electron chi connectivity index (χ4n) is 7.30. The van der Waals surface area contributed by atoms with Gasteiger partial charge in [0.15, 0.2) is 17.5 Å². The van der Waals surface area contributed by atoms with Gasteiger partial charge in [-0.25, -0.2) is 15.0 Å². The van der Waals surface area contributed by atoms with Gasteiger partial charge in [0.1, 0.15) is 11.2 Å². The second kappa shape index (κ2) is 9.72. The molecule has 7 aromatic rings. The van der Waals surface area contributed by atoms with Crippen molar-refractivity contribution in [3.05, 3.63) is 126 Å². The van der Waals surface area contributed by atoms with E-state index in [0.717, 1.165) is 50.6 Å². The Labute approximate surface area is 257 Å². The Kier molecular flexibility index (Phi) is 5.86. The minimum Gasteiger partial charge on any atom is -0.456 e. The summed E-state index contributed by atoms with van der Waals surface area (Å²) in [5, 5.41) is 2.19. The van der Waals surface area contributed by atoms with Gasteiger partial charge in [-0.3, -0.25) is 0 Å². The van der Waals surface area contributed by atoms with Crippen LogP contribution in [0.3, 0.4) is 0 Å². The number of nitrogens with zero attached hydrogens (tertiary/aromatic N) is 3. The molecule has 0 saturated carbocycles. The van der Waals surface area contributed by atoms with Crippen molar-refractivity contribution in [3.63, 3.8) is 0 Å². The van der Waals surface area contributed by atoms with Crippen molar-refractivity contribution in [2.24, 2.45) is 0 Å². The average Bonchev–Trinajstić information content (AvgIpc) is 3.51. The SMILES string of the molecule is CC1(C)CC(C)(C)c2cc(-c3nc(-c4ccccc4)nc(-c4ccc5c(c4)oc4cccc(-c6ccccc6)c45)n3)ccc21. The van der Waals surface area contributed by atoms with Crippen LogP contribution in [0.4, 0.5) is 0 Å². The maximum absolute atomic E-state index is 6.43. The second-order valence-corrected chi connectivity index (χ2v) is 13.2. The molecule has 2 aromatic heterocycles. The summed E-state index contributed by atoms with van der Waals surface area (Å²) in [6.07, 6.45) is 1.11. The fourth-order valence-corrected chi connectivity index (χ4v) is 7.30. The smallest absolute Gasteiger partial charge is 0.164 e. The highest BCUT2D eigenvalue weighted by Crippen LogP contribution is 2.50. The van der Waals surface area contributed by atoms with E-state index in [1.165, 1.54) is 16.7 Å². The number of aromatic nitrogens is 3. The minimum atomic E-state index is 0.0812. The largest absolute Gasteiger partial charge is 0.456 e. The van der Waals surface area contributed by atoms with E-state index in [1.54, 1.807) is 0 Å². The molecule has 0 aliphatic heterocycles. The first-order valence-corrected chi connectivity index (χ1v) is 15.2. The first kappa shape index (κ1) is 26.5. The van der Waals surface area contributed by atoms with Crippen LogP contribution in [0.25, 0.3) is 67.2 Å². The van der Waals surface area contributed by atoms with Crippen molar-refractivity contribution >= 4 is 21.9 Å². The summed E-state index contributed by atoms with van der Waals surface area (Å²) < 4.78 is 6.43. The predicted molar refractivity (Wildman–Crippen MR) is 180 cm³/mol. The van der Waals surface area contributed by atoms with Crippen LogP contribution in [0.2, 0.25) is 0 Å². The van der Waals surface area contributed by atoms with Crippen LogP contribution >= 0.6 is 0 Å². The van der Waals surface area contributed by atoms with Gasteiger partial charge in [0.05, 0.1) is 0 Å². The molecule has 0 bridgehead atoms. The monoisotopic (exact) mass is 571 g/mol. The van der Waals surface area contributed by atoms with Crippen LogP contribution in [0, 0.1) is 0 Å². The van der Waals surface area contributed by atoms with Crippen LogP contribution in [0.15, 0.2) is 120 Å². The van der Waals surface area contributed by atoms with E-state index in [9.17, 15) is 0 Å². The highest BCUT2D eigenvalue weighted by atomic mass is 16.3. The van der Waals surface area contributed by atoms with Crippen molar-refractivity contribution in [1.82, 2.24) is 15.0 Å². The van der Waals surface area contributed by atoms with Gasteiger partial charge in [0.25, 0.3) is 0 Å². The molecule has 1 aliphatic rings. The Morgan fingerprint density at radius 2 is 1.09 bits per heavy atom. The standard InChI is InChI=1S/C40H33N3O/c1-39(2)24-40(3,4)32-22-27(19-21-31(32)39)37-41-36(26-14-9-6-10-15-26)42-38(43-37)28-18-20-30-34(23-28)44-33-17-11-16-29(35(30)33)25-12-7-5-8-13-25/h5-23H,24H2,1-4H3. The third-order valence-electron chi connectivity index (χ3n) is 9.13. The van der Waals surface area contributed by atoms with Gasteiger partial charge in [-0.05, 0) is 63.8 Å². The van der Waals surface area contributed by atoms with E-state index in [4.69, 9.17) is 19.4 Å². The van der Waals surface area contributed by atoms with Crippen LogP contribution in [-0.4, -0.2) is 15.0 Å². The Morgan fingerprint density at radius 3 is 1.80 bits per heavy atom. The molecule has 0 saturated heterocycles. The number of hydrogen-bond acceptors (Lipinski definition) is 4. The average molecular weight is 572 g/mol. The minimum absolute atomic E-state index is 0.0812. The lowest BCUT2D eigenvalue weighted by Gasteiger charge is -2.22. The van der Waals surface area contributed by atoms with E-state index in [-0.39, 0.29) is 10.8 Å². The summed E-state index contributed by atoms with van der Waals surface area (Å²) in [6.45, 7) is 9.35. The van der Waals surface area contributed by atoms with Gasteiger partial charge in [0.2, 0.25) is 0 Å². The van der Waals surface area contributed by atoms with Crippen molar-refractivity contribution < 1.29 is 4.42 Å². The Bertz CT molecular complexity index is 2190. The lowest BCUT2D eigenvalue weighted by molar-refractivity contribution is 0.403. The number of hydrogen-bond donors (Lipinski definition) is 0. The second-order valence-electron chi connectivity index (χ2n) is 13.2. The summed E-state index contributed by atoms with van der Waals surface area (Å²) in [7, 11) is 0. The maximum Gasteiger partial charge on any atom is 0.164 e. The number of benzene rings is 5. The van der Waals surface area contributed by atoms with Gasteiger partial charge in [-0.2, -0.15) is 0 Å². The molecule has 0 N–H and O–H groups in total. The molecule has 4 nitrogen and oxygen atoms in total. The van der Waals surface area contributed by atoms with Crippen molar-refractivity contribution in [1.29, 1.82) is 0 Å². The van der Waals surface area contributed by atoms with Gasteiger partial charge < -0.3 is 4.42 Å². The van der Waals surface area contributed by atoms with Gasteiger partial charge in [-0.15, -0.1) is 0 Å². The van der Waals surface area contributed by atoms with Crippen molar-refractivity contribution in [3.8, 4) is 45.3 Å². The zero-order chi connectivity index (χ0) is 30.1. The molecule has 0 spiro atoms. The third kappa shape index (κ3) is 4.32. The highest BCUT2D eigenvalue weighted by Gasteiger charge is 2.41. The third-order valence-corrected chi connectivity index (χ3v) is 9.13.